The summed E-state index contributed by atoms with van der Waals surface area (Å²) in [6.07, 6.45) is 9.59. The molecule has 0 N–H and O–H groups in total. The predicted octanol–water partition coefficient (Wildman–Crippen LogP) is 4.75. The predicted molar refractivity (Wildman–Crippen MR) is 76.7 cm³/mol. The van der Waals surface area contributed by atoms with Gasteiger partial charge in [-0.1, -0.05) is 25.0 Å². The van der Waals surface area contributed by atoms with Crippen LogP contribution < -0.4 is 0 Å². The molecule has 1 nitrogen and oxygen atoms in total. The molecule has 3 atom stereocenters. The van der Waals surface area contributed by atoms with E-state index in [-0.39, 0.29) is 0 Å². The number of hydrogen-bond donors (Lipinski definition) is 0. The van der Waals surface area contributed by atoms with Crippen LogP contribution in [0.4, 0.5) is 0 Å². The van der Waals surface area contributed by atoms with Gasteiger partial charge in [-0.05, 0) is 63.6 Å². The molecule has 0 radical (unpaired) electrons. The van der Waals surface area contributed by atoms with Gasteiger partial charge in [0.05, 0.1) is 0 Å². The molecule has 0 amide bonds. The molecule has 0 aromatic rings. The molecule has 2 fully saturated rings. The minimum atomic E-state index is -1.39. The van der Waals surface area contributed by atoms with Crippen LogP contribution >= 0.6 is 0 Å². The Morgan fingerprint density at radius 2 is 2.00 bits per heavy atom. The van der Waals surface area contributed by atoms with Crippen LogP contribution in [0.2, 0.25) is 19.6 Å². The van der Waals surface area contributed by atoms with Crippen molar-refractivity contribution < 1.29 is 4.43 Å². The van der Waals surface area contributed by atoms with Crippen molar-refractivity contribution in [2.24, 2.45) is 11.3 Å². The topological polar surface area (TPSA) is 9.23 Å². The fraction of sp³-hybridized carbons (Fsp3) is 0.867. The van der Waals surface area contributed by atoms with E-state index in [1.165, 1.54) is 32.1 Å². The van der Waals surface area contributed by atoms with E-state index in [1.54, 1.807) is 5.57 Å². The number of hydrogen-bond acceptors (Lipinski definition) is 1. The van der Waals surface area contributed by atoms with Crippen molar-refractivity contribution in [1.82, 2.24) is 0 Å². The van der Waals surface area contributed by atoms with Crippen LogP contribution in [0.3, 0.4) is 0 Å². The van der Waals surface area contributed by atoms with Crippen LogP contribution in [-0.4, -0.2) is 14.4 Å². The Labute approximate surface area is 108 Å². The van der Waals surface area contributed by atoms with Crippen LogP contribution in [-0.2, 0) is 4.43 Å². The Morgan fingerprint density at radius 1 is 1.29 bits per heavy atom. The van der Waals surface area contributed by atoms with Gasteiger partial charge in [0, 0.05) is 6.10 Å². The van der Waals surface area contributed by atoms with Gasteiger partial charge in [0.15, 0.2) is 8.32 Å². The Bertz CT molecular complexity index is 315. The normalized spacial score (nSPS) is 40.6. The summed E-state index contributed by atoms with van der Waals surface area (Å²) in [7, 11) is -1.39. The number of allylic oxidation sites excluding steroid dienone is 2. The van der Waals surface area contributed by atoms with E-state index in [0.717, 1.165) is 5.92 Å². The molecule has 2 rings (SSSR count). The van der Waals surface area contributed by atoms with E-state index < -0.39 is 8.32 Å². The summed E-state index contributed by atoms with van der Waals surface area (Å²) >= 11 is 0. The van der Waals surface area contributed by atoms with Crippen LogP contribution in [0.5, 0.6) is 0 Å². The largest absolute Gasteiger partial charge is 0.414 e. The van der Waals surface area contributed by atoms with Crippen LogP contribution in [0.25, 0.3) is 0 Å². The van der Waals surface area contributed by atoms with Crippen molar-refractivity contribution in [1.29, 1.82) is 0 Å². The Morgan fingerprint density at radius 3 is 2.59 bits per heavy atom. The lowest BCUT2D eigenvalue weighted by Gasteiger charge is -2.44. The highest BCUT2D eigenvalue weighted by atomic mass is 28.4. The molecule has 98 valence electrons. The van der Waals surface area contributed by atoms with Gasteiger partial charge in [0.2, 0.25) is 0 Å². The smallest absolute Gasteiger partial charge is 0.184 e. The van der Waals surface area contributed by atoms with Crippen LogP contribution in [0.15, 0.2) is 11.6 Å². The lowest BCUT2D eigenvalue weighted by molar-refractivity contribution is 0.0276. The summed E-state index contributed by atoms with van der Waals surface area (Å²) in [4.78, 5) is 0. The molecule has 2 aliphatic rings. The molecule has 0 spiro atoms. The van der Waals surface area contributed by atoms with Gasteiger partial charge in [-0.3, -0.25) is 0 Å². The maximum absolute atomic E-state index is 6.46. The first-order chi connectivity index (χ1) is 7.87. The average Bonchev–Trinajstić information content (AvgIpc) is 2.53. The maximum atomic E-state index is 6.46. The van der Waals surface area contributed by atoms with Gasteiger partial charge in [0.25, 0.3) is 0 Å². The molecule has 0 unspecified atom stereocenters. The monoisotopic (exact) mass is 252 g/mol. The fourth-order valence-corrected chi connectivity index (χ4v) is 5.23. The van der Waals surface area contributed by atoms with Crippen molar-refractivity contribution in [3.8, 4) is 0 Å². The van der Waals surface area contributed by atoms with Gasteiger partial charge >= 0.3 is 0 Å². The molecule has 0 aromatic heterocycles. The molecule has 0 saturated heterocycles. The summed E-state index contributed by atoms with van der Waals surface area (Å²) in [5.41, 5.74) is 2.16. The van der Waals surface area contributed by atoms with E-state index in [4.69, 9.17) is 4.43 Å². The standard InChI is InChI=1S/C15H28OSi/c1-6-12-9-10-13-14(16-17(3,4)5)8-7-11-15(12,13)2/h6,13-14H,7-11H2,1-5H3/b12-6-/t13-,14-,15+/m0/s1. The molecule has 0 aliphatic heterocycles. The van der Waals surface area contributed by atoms with Gasteiger partial charge in [-0.25, -0.2) is 0 Å². The zero-order chi connectivity index (χ0) is 12.7. The van der Waals surface area contributed by atoms with E-state index >= 15 is 0 Å². The van der Waals surface area contributed by atoms with Crippen LogP contribution in [0, 0.1) is 11.3 Å². The third kappa shape index (κ3) is 2.53. The highest BCUT2D eigenvalue weighted by molar-refractivity contribution is 6.69. The highest BCUT2D eigenvalue weighted by Crippen LogP contribution is 2.56. The minimum absolute atomic E-state index is 0.456. The molecule has 0 aromatic carbocycles. The molecule has 0 heterocycles. The zero-order valence-corrected chi connectivity index (χ0v) is 13.2. The van der Waals surface area contributed by atoms with Crippen molar-refractivity contribution >= 4 is 8.32 Å². The molecule has 2 saturated carbocycles. The van der Waals surface area contributed by atoms with Crippen molar-refractivity contribution in [3.63, 3.8) is 0 Å². The first-order valence-electron chi connectivity index (χ1n) is 7.20. The van der Waals surface area contributed by atoms with Gasteiger partial charge in [-0.2, -0.15) is 0 Å². The lowest BCUT2D eigenvalue weighted by atomic mass is 9.66. The molecule has 17 heavy (non-hydrogen) atoms. The van der Waals surface area contributed by atoms with Gasteiger partial charge < -0.3 is 4.43 Å². The van der Waals surface area contributed by atoms with Crippen LogP contribution in [0.1, 0.15) is 46.0 Å². The first-order valence-corrected chi connectivity index (χ1v) is 10.6. The summed E-state index contributed by atoms with van der Waals surface area (Å²) < 4.78 is 6.46. The van der Waals surface area contributed by atoms with Crippen molar-refractivity contribution in [2.75, 3.05) is 0 Å². The first kappa shape index (κ1) is 13.4. The van der Waals surface area contributed by atoms with Crippen molar-refractivity contribution in [2.45, 2.75) is 71.7 Å². The third-order valence-electron chi connectivity index (χ3n) is 4.76. The number of fused-ring (bicyclic) bond motifs is 1. The average molecular weight is 252 g/mol. The third-order valence-corrected chi connectivity index (χ3v) is 5.77. The SMILES string of the molecule is C/C=C1/CC[C@H]2[C@@H](O[Si](C)(C)C)CCC[C@]12C. The Kier molecular flexibility index (Phi) is 3.57. The highest BCUT2D eigenvalue weighted by Gasteiger charge is 2.49. The fourth-order valence-electron chi connectivity index (χ4n) is 4.04. The Balaban J connectivity index is 2.18. The van der Waals surface area contributed by atoms with E-state index in [0.29, 0.717) is 11.5 Å². The van der Waals surface area contributed by atoms with Gasteiger partial charge in [-0.15, -0.1) is 0 Å². The van der Waals surface area contributed by atoms with E-state index in [2.05, 4.69) is 39.6 Å². The summed E-state index contributed by atoms with van der Waals surface area (Å²) in [6.45, 7) is 11.7. The second kappa shape index (κ2) is 4.54. The van der Waals surface area contributed by atoms with E-state index in [1.807, 2.05) is 0 Å². The van der Waals surface area contributed by atoms with E-state index in [9.17, 15) is 0 Å². The van der Waals surface area contributed by atoms with Gasteiger partial charge in [0.1, 0.15) is 0 Å². The summed E-state index contributed by atoms with van der Waals surface area (Å²) in [5, 5.41) is 0. The molecule has 2 heteroatoms. The molecular formula is C15H28OSi. The Hall–Kier alpha value is -0.0831. The maximum Gasteiger partial charge on any atom is 0.184 e. The quantitative estimate of drug-likeness (QED) is 0.509. The molecular weight excluding hydrogens is 224 g/mol. The zero-order valence-electron chi connectivity index (χ0n) is 12.2. The number of rotatable bonds is 2. The summed E-state index contributed by atoms with van der Waals surface area (Å²) in [6, 6.07) is 0. The summed E-state index contributed by atoms with van der Waals surface area (Å²) in [5.74, 6) is 0.786. The minimum Gasteiger partial charge on any atom is -0.414 e. The second-order valence-corrected chi connectivity index (χ2v) is 11.5. The second-order valence-electron chi connectivity index (χ2n) is 7.04. The lowest BCUT2D eigenvalue weighted by Crippen LogP contribution is -2.43. The molecule has 2 aliphatic carbocycles. The van der Waals surface area contributed by atoms with Crippen molar-refractivity contribution in [3.05, 3.63) is 11.6 Å². The molecule has 0 bridgehead atoms.